The first-order valence-corrected chi connectivity index (χ1v) is 10.5. The van der Waals surface area contributed by atoms with Gasteiger partial charge in [-0.1, -0.05) is 23.9 Å². The van der Waals surface area contributed by atoms with E-state index < -0.39 is 0 Å². The number of piperazine rings is 1. The van der Waals surface area contributed by atoms with Crippen LogP contribution >= 0.6 is 11.8 Å². The molecule has 0 radical (unpaired) electrons. The Kier molecular flexibility index (Phi) is 5.26. The number of hydrogen-bond donors (Lipinski definition) is 0. The summed E-state index contributed by atoms with van der Waals surface area (Å²) in [6.07, 6.45) is 1.72. The molecule has 1 atom stereocenters. The molecule has 28 heavy (non-hydrogen) atoms. The molecule has 2 aromatic rings. The number of fused-ring (bicyclic) bond motifs is 1. The van der Waals surface area contributed by atoms with Gasteiger partial charge in [0.25, 0.3) is 0 Å². The maximum atomic E-state index is 13.0. The number of aromatic nitrogens is 1. The molecule has 1 saturated heterocycles. The average molecular weight is 397 g/mol. The molecular weight excluding hydrogens is 372 g/mol. The van der Waals surface area contributed by atoms with Gasteiger partial charge in [-0.15, -0.1) is 0 Å². The van der Waals surface area contributed by atoms with Gasteiger partial charge < -0.3 is 9.80 Å². The van der Waals surface area contributed by atoms with Gasteiger partial charge in [-0.05, 0) is 43.7 Å². The standard InChI is InChI=1S/C21H24N4O2S/c1-15-5-3-6-17(11-15)24-10-9-23(12-16(24)2)19(26)13-25-18-7-4-8-22-21(18)28-14-20(25)27/h3-8,11,16H,9-10,12-14H2,1-2H3/t16-/m0/s1. The SMILES string of the molecule is Cc1cccc(N2CCN(C(=O)CN3C(=O)CSc4ncccc43)C[C@@H]2C)c1. The Balaban J connectivity index is 1.44. The van der Waals surface area contributed by atoms with Crippen molar-refractivity contribution in [3.05, 3.63) is 48.2 Å². The second kappa shape index (κ2) is 7.83. The number of benzene rings is 1. The molecule has 2 amide bonds. The molecular formula is C21H24N4O2S. The third-order valence-electron chi connectivity index (χ3n) is 5.28. The summed E-state index contributed by atoms with van der Waals surface area (Å²) in [7, 11) is 0. The van der Waals surface area contributed by atoms with Crippen LogP contribution in [0.2, 0.25) is 0 Å². The molecule has 146 valence electrons. The summed E-state index contributed by atoms with van der Waals surface area (Å²) in [6.45, 7) is 6.42. The number of carbonyl (C=O) groups excluding carboxylic acids is 2. The van der Waals surface area contributed by atoms with E-state index in [0.717, 1.165) is 17.3 Å². The van der Waals surface area contributed by atoms with E-state index in [0.29, 0.717) is 18.8 Å². The average Bonchev–Trinajstić information content (AvgIpc) is 2.70. The first-order chi connectivity index (χ1) is 13.5. The normalized spacial score (nSPS) is 19.6. The molecule has 4 rings (SSSR count). The molecule has 7 heteroatoms. The van der Waals surface area contributed by atoms with Crippen LogP contribution in [0, 0.1) is 6.92 Å². The summed E-state index contributed by atoms with van der Waals surface area (Å²) in [4.78, 5) is 35.5. The third-order valence-corrected chi connectivity index (χ3v) is 6.26. The summed E-state index contributed by atoms with van der Waals surface area (Å²) < 4.78 is 0. The second-order valence-corrected chi connectivity index (χ2v) is 8.28. The minimum atomic E-state index is -0.0368. The number of amides is 2. The molecule has 1 aromatic heterocycles. The van der Waals surface area contributed by atoms with Gasteiger partial charge in [0.05, 0.1) is 11.4 Å². The molecule has 2 aliphatic heterocycles. The molecule has 1 aromatic carbocycles. The lowest BCUT2D eigenvalue weighted by atomic mass is 10.1. The van der Waals surface area contributed by atoms with Gasteiger partial charge in [0.15, 0.2) is 0 Å². The Morgan fingerprint density at radius 3 is 2.89 bits per heavy atom. The van der Waals surface area contributed by atoms with Crippen molar-refractivity contribution in [2.45, 2.75) is 24.9 Å². The van der Waals surface area contributed by atoms with Crippen LogP contribution in [-0.4, -0.2) is 59.7 Å². The minimum Gasteiger partial charge on any atom is -0.365 e. The maximum absolute atomic E-state index is 13.0. The Morgan fingerprint density at radius 2 is 2.11 bits per heavy atom. The topological polar surface area (TPSA) is 56.8 Å². The highest BCUT2D eigenvalue weighted by Crippen LogP contribution is 2.33. The van der Waals surface area contributed by atoms with Gasteiger partial charge in [-0.2, -0.15) is 0 Å². The number of carbonyl (C=O) groups is 2. The predicted molar refractivity (Wildman–Crippen MR) is 112 cm³/mol. The van der Waals surface area contributed by atoms with Crippen LogP contribution in [0.1, 0.15) is 12.5 Å². The third kappa shape index (κ3) is 3.71. The Labute approximate surface area is 169 Å². The van der Waals surface area contributed by atoms with Crippen LogP contribution in [0.3, 0.4) is 0 Å². The predicted octanol–water partition coefficient (Wildman–Crippen LogP) is 2.57. The number of anilines is 2. The van der Waals surface area contributed by atoms with E-state index in [4.69, 9.17) is 0 Å². The summed E-state index contributed by atoms with van der Waals surface area (Å²) in [6, 6.07) is 12.4. The Bertz CT molecular complexity index is 903. The van der Waals surface area contributed by atoms with Crippen molar-refractivity contribution < 1.29 is 9.59 Å². The molecule has 0 bridgehead atoms. The van der Waals surface area contributed by atoms with Crippen LogP contribution in [0.4, 0.5) is 11.4 Å². The van der Waals surface area contributed by atoms with Gasteiger partial charge in [0, 0.05) is 37.6 Å². The number of thioether (sulfide) groups is 1. The monoisotopic (exact) mass is 396 g/mol. The lowest BCUT2D eigenvalue weighted by Gasteiger charge is -2.42. The summed E-state index contributed by atoms with van der Waals surface area (Å²) >= 11 is 1.43. The van der Waals surface area contributed by atoms with Crippen molar-refractivity contribution in [2.24, 2.45) is 0 Å². The fourth-order valence-electron chi connectivity index (χ4n) is 3.82. The highest BCUT2D eigenvalue weighted by atomic mass is 32.2. The first kappa shape index (κ1) is 18.8. The maximum Gasteiger partial charge on any atom is 0.242 e. The van der Waals surface area contributed by atoms with E-state index in [1.54, 1.807) is 17.2 Å². The highest BCUT2D eigenvalue weighted by Gasteiger charge is 2.31. The van der Waals surface area contributed by atoms with E-state index in [-0.39, 0.29) is 24.4 Å². The van der Waals surface area contributed by atoms with Crippen molar-refractivity contribution in [3.63, 3.8) is 0 Å². The number of pyridine rings is 1. The van der Waals surface area contributed by atoms with Crippen molar-refractivity contribution in [1.29, 1.82) is 0 Å². The molecule has 0 saturated carbocycles. The molecule has 3 heterocycles. The van der Waals surface area contributed by atoms with Crippen molar-refractivity contribution in [3.8, 4) is 0 Å². The van der Waals surface area contributed by atoms with Gasteiger partial charge in [-0.3, -0.25) is 14.5 Å². The molecule has 0 spiro atoms. The quantitative estimate of drug-likeness (QED) is 0.798. The van der Waals surface area contributed by atoms with Gasteiger partial charge in [-0.25, -0.2) is 4.98 Å². The van der Waals surface area contributed by atoms with Crippen molar-refractivity contribution in [1.82, 2.24) is 9.88 Å². The zero-order valence-electron chi connectivity index (χ0n) is 16.2. The molecule has 1 fully saturated rings. The fraction of sp³-hybridized carbons (Fsp3) is 0.381. The smallest absolute Gasteiger partial charge is 0.242 e. The summed E-state index contributed by atoms with van der Waals surface area (Å²) in [5.41, 5.74) is 3.17. The number of nitrogens with zero attached hydrogens (tertiary/aromatic N) is 4. The lowest BCUT2D eigenvalue weighted by molar-refractivity contribution is -0.131. The zero-order chi connectivity index (χ0) is 19.7. The van der Waals surface area contributed by atoms with E-state index in [2.05, 4.69) is 48.0 Å². The van der Waals surface area contributed by atoms with Gasteiger partial charge in [0.1, 0.15) is 11.6 Å². The number of aryl methyl sites for hydroxylation is 1. The number of hydrogen-bond acceptors (Lipinski definition) is 5. The van der Waals surface area contributed by atoms with Crippen molar-refractivity contribution in [2.75, 3.05) is 41.7 Å². The van der Waals surface area contributed by atoms with E-state index >= 15 is 0 Å². The van der Waals surface area contributed by atoms with Gasteiger partial charge >= 0.3 is 0 Å². The van der Waals surface area contributed by atoms with E-state index in [1.165, 1.54) is 23.0 Å². The molecule has 0 unspecified atom stereocenters. The molecule has 6 nitrogen and oxygen atoms in total. The van der Waals surface area contributed by atoms with E-state index in [1.807, 2.05) is 11.0 Å². The number of rotatable bonds is 3. The van der Waals surface area contributed by atoms with E-state index in [9.17, 15) is 9.59 Å². The zero-order valence-corrected chi connectivity index (χ0v) is 17.0. The summed E-state index contributed by atoms with van der Waals surface area (Å²) in [5.74, 6) is 0.283. The largest absolute Gasteiger partial charge is 0.365 e. The molecule has 0 aliphatic carbocycles. The second-order valence-electron chi connectivity index (χ2n) is 7.32. The van der Waals surface area contributed by atoms with Crippen LogP contribution < -0.4 is 9.80 Å². The minimum absolute atomic E-state index is 0.00852. The fourth-order valence-corrected chi connectivity index (χ4v) is 4.70. The first-order valence-electron chi connectivity index (χ1n) is 9.52. The Hall–Kier alpha value is -2.54. The van der Waals surface area contributed by atoms with Gasteiger partial charge in [0.2, 0.25) is 11.8 Å². The highest BCUT2D eigenvalue weighted by molar-refractivity contribution is 8.00. The summed E-state index contributed by atoms with van der Waals surface area (Å²) in [5, 5.41) is 0.813. The van der Waals surface area contributed by atoms with Crippen LogP contribution in [-0.2, 0) is 9.59 Å². The van der Waals surface area contributed by atoms with Crippen LogP contribution in [0.25, 0.3) is 0 Å². The van der Waals surface area contributed by atoms with Crippen LogP contribution in [0.5, 0.6) is 0 Å². The Morgan fingerprint density at radius 1 is 1.25 bits per heavy atom. The van der Waals surface area contributed by atoms with Crippen molar-refractivity contribution >= 4 is 35.0 Å². The molecule has 0 N–H and O–H groups in total. The lowest BCUT2D eigenvalue weighted by Crippen LogP contribution is -2.56. The van der Waals surface area contributed by atoms with Crippen LogP contribution in [0.15, 0.2) is 47.6 Å². The molecule has 2 aliphatic rings.